The van der Waals surface area contributed by atoms with E-state index in [-0.39, 0.29) is 41.5 Å². The number of anilines is 2. The lowest BCUT2D eigenvalue weighted by Gasteiger charge is -2.18. The summed E-state index contributed by atoms with van der Waals surface area (Å²) in [7, 11) is 0. The van der Waals surface area contributed by atoms with E-state index in [0.29, 0.717) is 0 Å². The van der Waals surface area contributed by atoms with Crippen LogP contribution in [0, 0.1) is 5.82 Å². The molecule has 2 heterocycles. The molecule has 2 aromatic rings. The maximum absolute atomic E-state index is 14.8. The molecule has 0 unspecified atom stereocenters. The Morgan fingerprint density at radius 2 is 1.79 bits per heavy atom. The quantitative estimate of drug-likeness (QED) is 0.797. The minimum Gasteiger partial charge on any atom is -0.442 e. The van der Waals surface area contributed by atoms with Gasteiger partial charge in [-0.2, -0.15) is 0 Å². The van der Waals surface area contributed by atoms with Crippen LogP contribution in [0.2, 0.25) is 0 Å². The van der Waals surface area contributed by atoms with Gasteiger partial charge < -0.3 is 10.1 Å². The van der Waals surface area contributed by atoms with Gasteiger partial charge in [0.25, 0.3) is 11.8 Å². The molecule has 29 heavy (non-hydrogen) atoms. The van der Waals surface area contributed by atoms with Crippen LogP contribution in [-0.4, -0.2) is 43.0 Å². The summed E-state index contributed by atoms with van der Waals surface area (Å²) in [6.45, 7) is 1.62. The molecule has 0 saturated carbocycles. The van der Waals surface area contributed by atoms with E-state index >= 15 is 0 Å². The highest BCUT2D eigenvalue weighted by Crippen LogP contribution is 2.33. The van der Waals surface area contributed by atoms with Crippen molar-refractivity contribution in [3.8, 4) is 0 Å². The van der Waals surface area contributed by atoms with Crippen molar-refractivity contribution in [3.63, 3.8) is 0 Å². The number of cyclic esters (lactones) is 1. The highest BCUT2D eigenvalue weighted by molar-refractivity contribution is 6.34. The van der Waals surface area contributed by atoms with Crippen LogP contribution in [0.4, 0.5) is 20.6 Å². The van der Waals surface area contributed by atoms with Gasteiger partial charge in [0.2, 0.25) is 5.91 Å². The second-order valence-corrected chi connectivity index (χ2v) is 6.68. The Balaban J connectivity index is 1.57. The van der Waals surface area contributed by atoms with E-state index in [1.54, 1.807) is 12.1 Å². The Morgan fingerprint density at radius 1 is 1.14 bits per heavy atom. The highest BCUT2D eigenvalue weighted by atomic mass is 19.1. The summed E-state index contributed by atoms with van der Waals surface area (Å²) in [4.78, 5) is 50.2. The van der Waals surface area contributed by atoms with Gasteiger partial charge in [0.05, 0.1) is 35.6 Å². The minimum absolute atomic E-state index is 0.130. The second-order valence-electron chi connectivity index (χ2n) is 6.68. The second kappa shape index (κ2) is 7.01. The topological polar surface area (TPSA) is 96.0 Å². The van der Waals surface area contributed by atoms with Crippen LogP contribution in [0.5, 0.6) is 0 Å². The lowest BCUT2D eigenvalue weighted by Crippen LogP contribution is -2.33. The Morgan fingerprint density at radius 3 is 2.38 bits per heavy atom. The molecule has 8 nitrogen and oxygen atoms in total. The normalized spacial score (nSPS) is 18.1. The molecule has 0 bridgehead atoms. The number of amides is 4. The molecule has 0 aliphatic carbocycles. The largest absolute Gasteiger partial charge is 0.442 e. The Kier molecular flexibility index (Phi) is 4.50. The predicted molar refractivity (Wildman–Crippen MR) is 100 cm³/mol. The van der Waals surface area contributed by atoms with E-state index in [2.05, 4.69) is 5.32 Å². The van der Waals surface area contributed by atoms with Crippen molar-refractivity contribution in [3.05, 3.63) is 59.4 Å². The first-order valence-electron chi connectivity index (χ1n) is 8.87. The van der Waals surface area contributed by atoms with Gasteiger partial charge in [-0.25, -0.2) is 14.1 Å². The predicted octanol–water partition coefficient (Wildman–Crippen LogP) is 2.09. The standard InChI is InChI=1S/C20H16FN3O5/c1-11(25)22-9-13-10-23(20(28)29-13)12-6-7-17(16(21)8-12)24-18(26)14-4-2-3-5-15(14)19(24)27/h2-8,13H,9-10H2,1H3,(H,22,25)/t13-/m0/s1. The van der Waals surface area contributed by atoms with E-state index in [9.17, 15) is 23.6 Å². The van der Waals surface area contributed by atoms with Gasteiger partial charge in [0, 0.05) is 6.92 Å². The first-order chi connectivity index (χ1) is 13.9. The summed E-state index contributed by atoms with van der Waals surface area (Å²) in [5, 5.41) is 2.56. The summed E-state index contributed by atoms with van der Waals surface area (Å²) in [6, 6.07) is 10.1. The van der Waals surface area contributed by atoms with Crippen molar-refractivity contribution in [2.45, 2.75) is 13.0 Å². The lowest BCUT2D eigenvalue weighted by atomic mass is 10.1. The van der Waals surface area contributed by atoms with Crippen molar-refractivity contribution in [1.29, 1.82) is 0 Å². The fourth-order valence-corrected chi connectivity index (χ4v) is 3.35. The number of halogens is 1. The first kappa shape index (κ1) is 18.6. The lowest BCUT2D eigenvalue weighted by molar-refractivity contribution is -0.119. The fraction of sp³-hybridized carbons (Fsp3) is 0.200. The number of nitrogens with zero attached hydrogens (tertiary/aromatic N) is 2. The third kappa shape index (κ3) is 3.20. The molecule has 0 aromatic heterocycles. The maximum Gasteiger partial charge on any atom is 0.414 e. The SMILES string of the molecule is CC(=O)NC[C@H]1CN(c2ccc(N3C(=O)c4ccccc4C3=O)c(F)c2)C(=O)O1. The van der Waals surface area contributed by atoms with Crippen molar-refractivity contribution in [2.24, 2.45) is 0 Å². The molecule has 0 radical (unpaired) electrons. The number of carbonyl (C=O) groups is 4. The van der Waals surface area contributed by atoms with Crippen LogP contribution in [0.3, 0.4) is 0 Å². The van der Waals surface area contributed by atoms with Crippen LogP contribution in [-0.2, 0) is 9.53 Å². The smallest absolute Gasteiger partial charge is 0.414 e. The summed E-state index contributed by atoms with van der Waals surface area (Å²) < 4.78 is 20.0. The molecule has 1 atom stereocenters. The van der Waals surface area contributed by atoms with Crippen LogP contribution in [0.1, 0.15) is 27.6 Å². The molecule has 4 rings (SSSR count). The Hall–Kier alpha value is -3.75. The van der Waals surface area contributed by atoms with E-state index < -0.39 is 29.8 Å². The van der Waals surface area contributed by atoms with Gasteiger partial charge in [0.1, 0.15) is 11.9 Å². The molecular formula is C20H16FN3O5. The zero-order chi connectivity index (χ0) is 20.7. The van der Waals surface area contributed by atoms with Crippen molar-refractivity contribution >= 4 is 35.2 Å². The van der Waals surface area contributed by atoms with E-state index in [0.717, 1.165) is 11.0 Å². The van der Waals surface area contributed by atoms with Crippen LogP contribution < -0.4 is 15.1 Å². The van der Waals surface area contributed by atoms with Crippen molar-refractivity contribution in [2.75, 3.05) is 22.9 Å². The average molecular weight is 397 g/mol. The molecule has 2 aliphatic rings. The average Bonchev–Trinajstić information content (AvgIpc) is 3.19. The molecular weight excluding hydrogens is 381 g/mol. The van der Waals surface area contributed by atoms with E-state index in [1.165, 1.54) is 36.1 Å². The number of fused-ring (bicyclic) bond motifs is 1. The summed E-state index contributed by atoms with van der Waals surface area (Å²) in [6.07, 6.45) is -1.24. The fourth-order valence-electron chi connectivity index (χ4n) is 3.35. The van der Waals surface area contributed by atoms with Gasteiger partial charge in [0.15, 0.2) is 0 Å². The zero-order valence-corrected chi connectivity index (χ0v) is 15.3. The number of rotatable bonds is 4. The summed E-state index contributed by atoms with van der Waals surface area (Å²) in [5.74, 6) is -2.28. The van der Waals surface area contributed by atoms with Gasteiger partial charge >= 0.3 is 6.09 Å². The molecule has 2 aromatic carbocycles. The zero-order valence-electron chi connectivity index (χ0n) is 15.3. The molecule has 0 spiro atoms. The summed E-state index contributed by atoms with van der Waals surface area (Å²) >= 11 is 0. The molecule has 148 valence electrons. The van der Waals surface area contributed by atoms with Gasteiger partial charge in [-0.15, -0.1) is 0 Å². The molecule has 2 aliphatic heterocycles. The highest BCUT2D eigenvalue weighted by Gasteiger charge is 2.38. The molecule has 1 fully saturated rings. The number of nitrogens with one attached hydrogen (secondary N) is 1. The van der Waals surface area contributed by atoms with Gasteiger partial charge in [-0.1, -0.05) is 12.1 Å². The monoisotopic (exact) mass is 397 g/mol. The van der Waals surface area contributed by atoms with E-state index in [4.69, 9.17) is 4.74 Å². The van der Waals surface area contributed by atoms with Gasteiger partial charge in [-0.05, 0) is 30.3 Å². The number of carbonyl (C=O) groups excluding carboxylic acids is 4. The molecule has 1 N–H and O–H groups in total. The Bertz CT molecular complexity index is 1020. The number of hydrogen-bond donors (Lipinski definition) is 1. The molecule has 1 saturated heterocycles. The van der Waals surface area contributed by atoms with Crippen LogP contribution in [0.15, 0.2) is 42.5 Å². The number of imide groups is 1. The number of benzene rings is 2. The number of hydrogen-bond acceptors (Lipinski definition) is 5. The maximum atomic E-state index is 14.8. The minimum atomic E-state index is -0.824. The molecule has 9 heteroatoms. The van der Waals surface area contributed by atoms with E-state index in [1.807, 2.05) is 0 Å². The first-order valence-corrected chi connectivity index (χ1v) is 8.87. The third-order valence-corrected chi connectivity index (χ3v) is 4.73. The summed E-state index contributed by atoms with van der Waals surface area (Å²) in [5.41, 5.74) is 0.454. The number of ether oxygens (including phenoxy) is 1. The Labute approximate surface area is 164 Å². The van der Waals surface area contributed by atoms with Crippen LogP contribution in [0.25, 0.3) is 0 Å². The molecule has 4 amide bonds. The van der Waals surface area contributed by atoms with Gasteiger partial charge in [-0.3, -0.25) is 19.3 Å². The van der Waals surface area contributed by atoms with Crippen molar-refractivity contribution < 1.29 is 28.3 Å². The van der Waals surface area contributed by atoms with Crippen LogP contribution >= 0.6 is 0 Å². The third-order valence-electron chi connectivity index (χ3n) is 4.73. The van der Waals surface area contributed by atoms with Crippen molar-refractivity contribution in [1.82, 2.24) is 5.32 Å².